The summed E-state index contributed by atoms with van der Waals surface area (Å²) in [7, 11) is 0. The summed E-state index contributed by atoms with van der Waals surface area (Å²) in [4.78, 5) is 0. The molecular weight excluding hydrogens is 150 g/mol. The van der Waals surface area contributed by atoms with Crippen LogP contribution in [0.2, 0.25) is 0 Å². The second-order valence-corrected chi connectivity index (χ2v) is 3.14. The van der Waals surface area contributed by atoms with E-state index in [-0.39, 0.29) is 0 Å². The van der Waals surface area contributed by atoms with Gasteiger partial charge >= 0.3 is 0 Å². The van der Waals surface area contributed by atoms with Crippen molar-refractivity contribution >= 4 is 5.82 Å². The monoisotopic (exact) mass is 167 g/mol. The predicted molar refractivity (Wildman–Crippen MR) is 50.9 cm³/mol. The van der Waals surface area contributed by atoms with Gasteiger partial charge in [-0.05, 0) is 13.3 Å². The van der Waals surface area contributed by atoms with E-state index in [4.69, 9.17) is 5.73 Å². The van der Waals surface area contributed by atoms with Crippen LogP contribution in [0, 0.1) is 6.92 Å². The molecule has 12 heavy (non-hydrogen) atoms. The van der Waals surface area contributed by atoms with E-state index in [1.807, 2.05) is 17.7 Å². The van der Waals surface area contributed by atoms with Crippen LogP contribution >= 0.6 is 0 Å². The fourth-order valence-corrected chi connectivity index (χ4v) is 1.27. The molecule has 3 nitrogen and oxygen atoms in total. The molecule has 1 heterocycles. The van der Waals surface area contributed by atoms with Gasteiger partial charge in [0.05, 0.1) is 0 Å². The first kappa shape index (κ1) is 9.10. The molecule has 2 N–H and O–H groups in total. The summed E-state index contributed by atoms with van der Waals surface area (Å²) in [5, 5.41) is 4.18. The molecule has 0 aliphatic rings. The third-order valence-corrected chi connectivity index (χ3v) is 1.97. The lowest BCUT2D eigenvalue weighted by Crippen LogP contribution is -2.02. The number of anilines is 1. The van der Waals surface area contributed by atoms with Gasteiger partial charge in [0, 0.05) is 18.3 Å². The van der Waals surface area contributed by atoms with Gasteiger partial charge in [-0.1, -0.05) is 19.8 Å². The molecule has 0 aliphatic heterocycles. The molecule has 0 unspecified atom stereocenters. The molecular formula is C9H17N3. The van der Waals surface area contributed by atoms with Crippen molar-refractivity contribution in [3.05, 3.63) is 11.8 Å². The van der Waals surface area contributed by atoms with E-state index in [0.29, 0.717) is 5.82 Å². The van der Waals surface area contributed by atoms with Gasteiger partial charge in [0.1, 0.15) is 5.82 Å². The van der Waals surface area contributed by atoms with Crippen LogP contribution in [0.5, 0.6) is 0 Å². The summed E-state index contributed by atoms with van der Waals surface area (Å²) < 4.78 is 1.98. The van der Waals surface area contributed by atoms with Crippen LogP contribution in [0.1, 0.15) is 31.9 Å². The van der Waals surface area contributed by atoms with Gasteiger partial charge in [-0.15, -0.1) is 0 Å². The molecule has 0 aromatic carbocycles. The van der Waals surface area contributed by atoms with E-state index < -0.39 is 0 Å². The molecule has 0 spiro atoms. The molecule has 1 aromatic rings. The number of unbranched alkanes of at least 4 members (excludes halogenated alkanes) is 2. The van der Waals surface area contributed by atoms with E-state index in [0.717, 1.165) is 12.2 Å². The highest BCUT2D eigenvalue weighted by Gasteiger charge is 1.99. The molecule has 0 radical (unpaired) electrons. The Morgan fingerprint density at radius 2 is 2.25 bits per heavy atom. The molecule has 0 saturated heterocycles. The highest BCUT2D eigenvalue weighted by Crippen LogP contribution is 2.06. The van der Waals surface area contributed by atoms with Gasteiger partial charge in [-0.2, -0.15) is 5.10 Å². The lowest BCUT2D eigenvalue weighted by atomic mass is 10.2. The number of nitrogens with two attached hydrogens (primary N) is 1. The number of hydrogen-bond donors (Lipinski definition) is 1. The van der Waals surface area contributed by atoms with Crippen molar-refractivity contribution in [2.75, 3.05) is 5.73 Å². The third-order valence-electron chi connectivity index (χ3n) is 1.97. The van der Waals surface area contributed by atoms with Crippen LogP contribution in [0.3, 0.4) is 0 Å². The van der Waals surface area contributed by atoms with Crippen LogP contribution in [-0.4, -0.2) is 9.78 Å². The summed E-state index contributed by atoms with van der Waals surface area (Å²) in [6.07, 6.45) is 3.70. The first-order valence-corrected chi connectivity index (χ1v) is 4.54. The Morgan fingerprint density at radius 3 is 2.75 bits per heavy atom. The van der Waals surface area contributed by atoms with E-state index >= 15 is 0 Å². The maximum absolute atomic E-state index is 5.55. The lowest BCUT2D eigenvalue weighted by Gasteiger charge is -2.01. The first-order chi connectivity index (χ1) is 5.74. The quantitative estimate of drug-likeness (QED) is 0.697. The predicted octanol–water partition coefficient (Wildman–Crippen LogP) is 1.96. The SMILES string of the molecule is CCCCCn1nc(N)cc1C. The molecule has 0 atom stereocenters. The molecule has 0 fully saturated rings. The molecule has 0 bridgehead atoms. The van der Waals surface area contributed by atoms with E-state index in [9.17, 15) is 0 Å². The maximum atomic E-state index is 5.55. The second kappa shape index (κ2) is 4.14. The zero-order valence-electron chi connectivity index (χ0n) is 7.88. The second-order valence-electron chi connectivity index (χ2n) is 3.14. The maximum Gasteiger partial charge on any atom is 0.145 e. The Balaban J connectivity index is 2.45. The van der Waals surface area contributed by atoms with Gasteiger partial charge < -0.3 is 5.73 Å². The molecule has 1 aromatic heterocycles. The summed E-state index contributed by atoms with van der Waals surface area (Å²) in [5.74, 6) is 0.629. The molecule has 0 aliphatic carbocycles. The Bertz CT molecular complexity index is 240. The highest BCUT2D eigenvalue weighted by atomic mass is 15.3. The van der Waals surface area contributed by atoms with Crippen molar-refractivity contribution < 1.29 is 0 Å². The van der Waals surface area contributed by atoms with Gasteiger partial charge in [-0.25, -0.2) is 0 Å². The number of aromatic nitrogens is 2. The number of rotatable bonds is 4. The largest absolute Gasteiger partial charge is 0.382 e. The average molecular weight is 167 g/mol. The first-order valence-electron chi connectivity index (χ1n) is 4.54. The minimum atomic E-state index is 0.629. The van der Waals surface area contributed by atoms with Gasteiger partial charge in [0.25, 0.3) is 0 Å². The highest BCUT2D eigenvalue weighted by molar-refractivity contribution is 5.28. The summed E-state index contributed by atoms with van der Waals surface area (Å²) in [6, 6.07) is 1.91. The van der Waals surface area contributed by atoms with Crippen molar-refractivity contribution in [1.82, 2.24) is 9.78 Å². The fraction of sp³-hybridized carbons (Fsp3) is 0.667. The van der Waals surface area contributed by atoms with Gasteiger partial charge in [-0.3, -0.25) is 4.68 Å². The van der Waals surface area contributed by atoms with E-state index in [1.165, 1.54) is 19.3 Å². The zero-order chi connectivity index (χ0) is 8.97. The Hall–Kier alpha value is -0.990. The van der Waals surface area contributed by atoms with E-state index in [2.05, 4.69) is 12.0 Å². The van der Waals surface area contributed by atoms with Gasteiger partial charge in [0.15, 0.2) is 0 Å². The number of aryl methyl sites for hydroxylation is 2. The van der Waals surface area contributed by atoms with Crippen molar-refractivity contribution in [3.8, 4) is 0 Å². The van der Waals surface area contributed by atoms with Gasteiger partial charge in [0.2, 0.25) is 0 Å². The normalized spacial score (nSPS) is 10.5. The van der Waals surface area contributed by atoms with Crippen LogP contribution in [0.15, 0.2) is 6.07 Å². The van der Waals surface area contributed by atoms with Crippen molar-refractivity contribution in [3.63, 3.8) is 0 Å². The van der Waals surface area contributed by atoms with Crippen LogP contribution in [0.25, 0.3) is 0 Å². The Kier molecular flexibility index (Phi) is 3.14. The molecule has 0 amide bonds. The smallest absolute Gasteiger partial charge is 0.145 e. The summed E-state index contributed by atoms with van der Waals surface area (Å²) >= 11 is 0. The van der Waals surface area contributed by atoms with Crippen LogP contribution in [-0.2, 0) is 6.54 Å². The molecule has 3 heteroatoms. The molecule has 0 saturated carbocycles. The Morgan fingerprint density at radius 1 is 1.50 bits per heavy atom. The molecule has 1 rings (SSSR count). The molecule has 68 valence electrons. The van der Waals surface area contributed by atoms with Crippen molar-refractivity contribution in [1.29, 1.82) is 0 Å². The van der Waals surface area contributed by atoms with E-state index in [1.54, 1.807) is 0 Å². The Labute approximate surface area is 73.6 Å². The third kappa shape index (κ3) is 2.26. The fourth-order valence-electron chi connectivity index (χ4n) is 1.27. The topological polar surface area (TPSA) is 43.8 Å². The summed E-state index contributed by atoms with van der Waals surface area (Å²) in [6.45, 7) is 5.23. The average Bonchev–Trinajstić information content (AvgIpc) is 2.31. The van der Waals surface area contributed by atoms with Crippen LogP contribution < -0.4 is 5.73 Å². The van der Waals surface area contributed by atoms with Crippen molar-refractivity contribution in [2.45, 2.75) is 39.7 Å². The summed E-state index contributed by atoms with van der Waals surface area (Å²) in [5.41, 5.74) is 6.71. The minimum Gasteiger partial charge on any atom is -0.382 e. The number of nitrogens with zero attached hydrogens (tertiary/aromatic N) is 2. The number of nitrogen functional groups attached to an aromatic ring is 1. The van der Waals surface area contributed by atoms with Crippen LogP contribution in [0.4, 0.5) is 5.82 Å². The zero-order valence-corrected chi connectivity index (χ0v) is 7.88. The minimum absolute atomic E-state index is 0.629. The lowest BCUT2D eigenvalue weighted by molar-refractivity contribution is 0.544. The van der Waals surface area contributed by atoms with Crippen molar-refractivity contribution in [2.24, 2.45) is 0 Å². The number of hydrogen-bond acceptors (Lipinski definition) is 2. The standard InChI is InChI=1S/C9H17N3/c1-3-4-5-6-12-8(2)7-9(10)11-12/h7H,3-6H2,1-2H3,(H2,10,11).